The summed E-state index contributed by atoms with van der Waals surface area (Å²) in [6, 6.07) is 10.7. The zero-order chi connectivity index (χ0) is 20.0. The highest BCUT2D eigenvalue weighted by atomic mass is 35.5. The van der Waals surface area contributed by atoms with Crippen LogP contribution in [0.3, 0.4) is 0 Å². The molecule has 0 saturated carbocycles. The van der Waals surface area contributed by atoms with Gasteiger partial charge in [-0.2, -0.15) is 0 Å². The maximum atomic E-state index is 13.1. The minimum Gasteiger partial charge on any atom is -0.497 e. The molecular weight excluding hydrogens is 375 g/mol. The Bertz CT molecular complexity index is 825. The van der Waals surface area contributed by atoms with Crippen LogP contribution >= 0.6 is 11.6 Å². The Kier molecular flexibility index (Phi) is 6.76. The molecule has 0 aliphatic carbocycles. The van der Waals surface area contributed by atoms with Crippen LogP contribution in [0.25, 0.3) is 0 Å². The van der Waals surface area contributed by atoms with Gasteiger partial charge in [-0.15, -0.1) is 0 Å². The summed E-state index contributed by atoms with van der Waals surface area (Å²) in [5.41, 5.74) is -0.226. The molecule has 0 aromatic heterocycles. The molecule has 0 spiro atoms. The molecule has 0 unspecified atom stereocenters. The predicted molar refractivity (Wildman–Crippen MR) is 100 cm³/mol. The van der Waals surface area contributed by atoms with Gasteiger partial charge < -0.3 is 20.5 Å². The lowest BCUT2D eigenvalue weighted by Crippen LogP contribution is -2.45. The number of rotatable bonds is 6. The van der Waals surface area contributed by atoms with E-state index < -0.39 is 23.2 Å². The minimum atomic E-state index is -1.26. The molecule has 0 heterocycles. The smallest absolute Gasteiger partial charge is 0.313 e. The molecule has 2 rings (SSSR count). The van der Waals surface area contributed by atoms with Crippen LogP contribution in [0.15, 0.2) is 42.5 Å². The van der Waals surface area contributed by atoms with Crippen LogP contribution in [0.1, 0.15) is 12.5 Å². The minimum absolute atomic E-state index is 0.130. The van der Waals surface area contributed by atoms with E-state index >= 15 is 0 Å². The first-order chi connectivity index (χ1) is 12.7. The van der Waals surface area contributed by atoms with Gasteiger partial charge in [0.15, 0.2) is 0 Å². The second-order valence-electron chi connectivity index (χ2n) is 6.29. The third-order valence-corrected chi connectivity index (χ3v) is 4.05. The topological polar surface area (TPSA) is 87.7 Å². The van der Waals surface area contributed by atoms with Crippen molar-refractivity contribution in [2.24, 2.45) is 0 Å². The van der Waals surface area contributed by atoms with Gasteiger partial charge in [0.25, 0.3) is 0 Å². The van der Waals surface area contributed by atoms with E-state index in [-0.39, 0.29) is 23.7 Å². The first-order valence-electron chi connectivity index (χ1n) is 8.10. The van der Waals surface area contributed by atoms with Crippen molar-refractivity contribution in [1.29, 1.82) is 0 Å². The van der Waals surface area contributed by atoms with Gasteiger partial charge >= 0.3 is 11.8 Å². The molecule has 0 radical (unpaired) electrons. The van der Waals surface area contributed by atoms with Gasteiger partial charge in [-0.1, -0.05) is 23.7 Å². The number of hydrogen-bond donors (Lipinski definition) is 3. The fraction of sp³-hybridized carbons (Fsp3) is 0.263. The number of amides is 2. The van der Waals surface area contributed by atoms with E-state index in [1.54, 1.807) is 38.3 Å². The van der Waals surface area contributed by atoms with E-state index in [1.807, 2.05) is 0 Å². The summed E-state index contributed by atoms with van der Waals surface area (Å²) in [4.78, 5) is 23.8. The van der Waals surface area contributed by atoms with E-state index in [9.17, 15) is 19.1 Å². The molecule has 2 aromatic carbocycles. The molecule has 0 aliphatic rings. The van der Waals surface area contributed by atoms with E-state index in [2.05, 4.69) is 10.6 Å². The Hall–Kier alpha value is -2.64. The summed E-state index contributed by atoms with van der Waals surface area (Å²) in [5, 5.41) is 15.0. The number of hydrogen-bond acceptors (Lipinski definition) is 4. The lowest BCUT2D eigenvalue weighted by Gasteiger charge is -2.23. The monoisotopic (exact) mass is 394 g/mol. The Morgan fingerprint density at radius 3 is 2.44 bits per heavy atom. The standard InChI is InChI=1S/C19H20ClFN2O4/c1-19(26,10-12-3-6-14(27-2)7-4-12)11-22-17(24)18(25)23-13-5-8-16(21)15(20)9-13/h3-9,26H,10-11H2,1-2H3,(H,22,24)(H,23,25)/t19-/m1/s1. The van der Waals surface area contributed by atoms with Crippen LogP contribution in [0, 0.1) is 5.82 Å². The Morgan fingerprint density at radius 1 is 1.19 bits per heavy atom. The number of anilines is 1. The molecular formula is C19H20ClFN2O4. The number of carbonyl (C=O) groups excluding carboxylic acids is 2. The Labute approximate surface area is 161 Å². The predicted octanol–water partition coefficient (Wildman–Crippen LogP) is 2.54. The second-order valence-corrected chi connectivity index (χ2v) is 6.69. The highest BCUT2D eigenvalue weighted by molar-refractivity contribution is 6.39. The van der Waals surface area contributed by atoms with Gasteiger partial charge in [-0.05, 0) is 42.8 Å². The molecule has 3 N–H and O–H groups in total. The van der Waals surface area contributed by atoms with Crippen LogP contribution in [0.2, 0.25) is 5.02 Å². The molecule has 6 nitrogen and oxygen atoms in total. The lowest BCUT2D eigenvalue weighted by atomic mass is 9.96. The fourth-order valence-electron chi connectivity index (χ4n) is 2.36. The van der Waals surface area contributed by atoms with E-state index in [1.165, 1.54) is 12.1 Å². The van der Waals surface area contributed by atoms with Crippen molar-refractivity contribution in [3.63, 3.8) is 0 Å². The number of halogens is 2. The van der Waals surface area contributed by atoms with Crippen molar-refractivity contribution < 1.29 is 23.8 Å². The Balaban J connectivity index is 1.88. The molecule has 1 atom stereocenters. The van der Waals surface area contributed by atoms with E-state index in [4.69, 9.17) is 16.3 Å². The second kappa shape index (κ2) is 8.83. The average molecular weight is 395 g/mol. The first kappa shape index (κ1) is 20.7. The number of carbonyl (C=O) groups is 2. The van der Waals surface area contributed by atoms with Gasteiger partial charge in [0, 0.05) is 18.7 Å². The average Bonchev–Trinajstić information content (AvgIpc) is 2.63. The first-order valence-corrected chi connectivity index (χ1v) is 8.47. The maximum absolute atomic E-state index is 13.1. The fourth-order valence-corrected chi connectivity index (χ4v) is 2.54. The Morgan fingerprint density at radius 2 is 1.85 bits per heavy atom. The van der Waals surface area contributed by atoms with Crippen molar-refractivity contribution in [3.05, 3.63) is 58.9 Å². The molecule has 8 heteroatoms. The quantitative estimate of drug-likeness (QED) is 0.657. The molecule has 27 heavy (non-hydrogen) atoms. The SMILES string of the molecule is COc1ccc(C[C@@](C)(O)CNC(=O)C(=O)Nc2ccc(F)c(Cl)c2)cc1. The summed E-state index contributed by atoms with van der Waals surface area (Å²) in [6.07, 6.45) is 0.270. The molecule has 0 bridgehead atoms. The maximum Gasteiger partial charge on any atom is 0.313 e. The summed E-state index contributed by atoms with van der Waals surface area (Å²) in [6.45, 7) is 1.42. The third kappa shape index (κ3) is 6.23. The van der Waals surface area contributed by atoms with Gasteiger partial charge in [-0.25, -0.2) is 4.39 Å². The van der Waals surface area contributed by atoms with Crippen LogP contribution in [0.5, 0.6) is 5.75 Å². The van der Waals surface area contributed by atoms with Gasteiger partial charge in [0.05, 0.1) is 17.7 Å². The zero-order valence-electron chi connectivity index (χ0n) is 14.9. The summed E-state index contributed by atoms with van der Waals surface area (Å²) in [5.74, 6) is -1.80. The molecule has 2 amide bonds. The number of nitrogens with one attached hydrogen (secondary N) is 2. The molecule has 0 aliphatic heterocycles. The zero-order valence-corrected chi connectivity index (χ0v) is 15.6. The number of ether oxygens (including phenoxy) is 1. The largest absolute Gasteiger partial charge is 0.497 e. The normalized spacial score (nSPS) is 12.8. The van der Waals surface area contributed by atoms with Gasteiger partial charge in [0.2, 0.25) is 0 Å². The van der Waals surface area contributed by atoms with Crippen LogP contribution in [0.4, 0.5) is 10.1 Å². The van der Waals surface area contributed by atoms with Crippen molar-refractivity contribution >= 4 is 29.1 Å². The van der Waals surface area contributed by atoms with Crippen LogP contribution in [-0.4, -0.2) is 36.2 Å². The van der Waals surface area contributed by atoms with Crippen LogP contribution in [-0.2, 0) is 16.0 Å². The molecule has 2 aromatic rings. The summed E-state index contributed by atoms with van der Waals surface area (Å²) >= 11 is 5.63. The summed E-state index contributed by atoms with van der Waals surface area (Å²) < 4.78 is 18.2. The van der Waals surface area contributed by atoms with Gasteiger partial charge in [-0.3, -0.25) is 9.59 Å². The van der Waals surface area contributed by atoms with E-state index in [0.29, 0.717) is 5.75 Å². The third-order valence-electron chi connectivity index (χ3n) is 3.76. The highest BCUT2D eigenvalue weighted by Crippen LogP contribution is 2.19. The summed E-state index contributed by atoms with van der Waals surface area (Å²) in [7, 11) is 1.56. The van der Waals surface area contributed by atoms with Crippen LogP contribution < -0.4 is 15.4 Å². The number of benzene rings is 2. The molecule has 144 valence electrons. The van der Waals surface area contributed by atoms with Crippen molar-refractivity contribution in [2.75, 3.05) is 19.0 Å². The van der Waals surface area contributed by atoms with Crippen molar-refractivity contribution in [2.45, 2.75) is 18.9 Å². The van der Waals surface area contributed by atoms with Crippen molar-refractivity contribution in [1.82, 2.24) is 5.32 Å². The highest BCUT2D eigenvalue weighted by Gasteiger charge is 2.24. The van der Waals surface area contributed by atoms with Crippen molar-refractivity contribution in [3.8, 4) is 5.75 Å². The van der Waals surface area contributed by atoms with E-state index in [0.717, 1.165) is 11.6 Å². The molecule has 0 fully saturated rings. The number of aliphatic hydroxyl groups is 1. The lowest BCUT2D eigenvalue weighted by molar-refractivity contribution is -0.136. The van der Waals surface area contributed by atoms with Gasteiger partial charge in [0.1, 0.15) is 11.6 Å². The number of methoxy groups -OCH3 is 1. The molecule has 0 saturated heterocycles.